The van der Waals surface area contributed by atoms with Crippen molar-refractivity contribution in [2.24, 2.45) is 0 Å². The summed E-state index contributed by atoms with van der Waals surface area (Å²) >= 11 is 7.06. The van der Waals surface area contributed by atoms with E-state index in [2.05, 4.69) is 59.5 Å². The van der Waals surface area contributed by atoms with Crippen molar-refractivity contribution in [3.05, 3.63) is 26.6 Å². The van der Waals surface area contributed by atoms with E-state index in [1.807, 2.05) is 0 Å². The highest BCUT2D eigenvalue weighted by molar-refractivity contribution is 9.11. The molecule has 0 atom stereocenters. The van der Waals surface area contributed by atoms with Gasteiger partial charge in [-0.2, -0.15) is 0 Å². The number of nitrogens with one attached hydrogen (secondary N) is 2. The van der Waals surface area contributed by atoms with Gasteiger partial charge in [-0.3, -0.25) is 4.90 Å². The Balaban J connectivity index is 1.76. The number of halogens is 2. The van der Waals surface area contributed by atoms with Crippen LogP contribution in [0, 0.1) is 0 Å². The van der Waals surface area contributed by atoms with E-state index in [1.54, 1.807) is 7.11 Å². The van der Waals surface area contributed by atoms with Crippen molar-refractivity contribution in [2.45, 2.75) is 6.54 Å². The van der Waals surface area contributed by atoms with Crippen LogP contribution in [0.4, 0.5) is 0 Å². The highest BCUT2D eigenvalue weighted by Crippen LogP contribution is 2.34. The standard InChI is InChI=1S/C14H21Br2N3O/c1-20-14-12(15)8-11(9-13(14)16)10-18-4-7-19-5-2-17-3-6-19/h8-9,17-18H,2-7,10H2,1H3. The topological polar surface area (TPSA) is 36.5 Å². The van der Waals surface area contributed by atoms with Gasteiger partial charge in [-0.15, -0.1) is 0 Å². The van der Waals surface area contributed by atoms with Gasteiger partial charge in [0.05, 0.1) is 16.1 Å². The fourth-order valence-corrected chi connectivity index (χ4v) is 3.92. The van der Waals surface area contributed by atoms with Gasteiger partial charge in [0.25, 0.3) is 0 Å². The van der Waals surface area contributed by atoms with Gasteiger partial charge in [-0.05, 0) is 49.6 Å². The lowest BCUT2D eigenvalue weighted by Gasteiger charge is -2.27. The van der Waals surface area contributed by atoms with Crippen molar-refractivity contribution in [3.63, 3.8) is 0 Å². The van der Waals surface area contributed by atoms with Gasteiger partial charge in [-0.25, -0.2) is 0 Å². The summed E-state index contributed by atoms with van der Waals surface area (Å²) in [6.07, 6.45) is 0. The van der Waals surface area contributed by atoms with Crippen LogP contribution in [0.2, 0.25) is 0 Å². The minimum absolute atomic E-state index is 0.842. The maximum absolute atomic E-state index is 5.31. The van der Waals surface area contributed by atoms with Gasteiger partial charge in [0.15, 0.2) is 0 Å². The summed E-state index contributed by atoms with van der Waals surface area (Å²) in [5, 5.41) is 6.87. The predicted molar refractivity (Wildman–Crippen MR) is 89.4 cm³/mol. The Morgan fingerprint density at radius 2 is 1.90 bits per heavy atom. The molecular formula is C14H21Br2N3O. The third-order valence-corrected chi connectivity index (χ3v) is 4.58. The lowest BCUT2D eigenvalue weighted by atomic mass is 10.2. The van der Waals surface area contributed by atoms with E-state index < -0.39 is 0 Å². The number of methoxy groups -OCH3 is 1. The summed E-state index contributed by atoms with van der Waals surface area (Å²) in [6, 6.07) is 4.20. The molecule has 0 aliphatic carbocycles. The second kappa shape index (κ2) is 8.34. The van der Waals surface area contributed by atoms with Crippen molar-refractivity contribution in [1.82, 2.24) is 15.5 Å². The van der Waals surface area contributed by atoms with Crippen LogP contribution in [-0.4, -0.2) is 51.3 Å². The average molecular weight is 407 g/mol. The second-order valence-corrected chi connectivity index (χ2v) is 6.57. The molecule has 0 bridgehead atoms. The third-order valence-electron chi connectivity index (χ3n) is 3.41. The molecular weight excluding hydrogens is 386 g/mol. The van der Waals surface area contributed by atoms with E-state index in [4.69, 9.17) is 4.74 Å². The van der Waals surface area contributed by atoms with Gasteiger partial charge in [0.2, 0.25) is 0 Å². The molecule has 0 radical (unpaired) electrons. The lowest BCUT2D eigenvalue weighted by Crippen LogP contribution is -2.45. The monoisotopic (exact) mass is 405 g/mol. The molecule has 1 saturated heterocycles. The van der Waals surface area contributed by atoms with Crippen molar-refractivity contribution >= 4 is 31.9 Å². The zero-order valence-corrected chi connectivity index (χ0v) is 14.9. The number of rotatable bonds is 6. The molecule has 2 rings (SSSR count). The maximum atomic E-state index is 5.31. The SMILES string of the molecule is COc1c(Br)cc(CNCCN2CCNCC2)cc1Br. The Kier molecular flexibility index (Phi) is 6.77. The molecule has 1 fully saturated rings. The molecule has 0 unspecified atom stereocenters. The first-order valence-electron chi connectivity index (χ1n) is 6.86. The fraction of sp³-hybridized carbons (Fsp3) is 0.571. The molecule has 0 saturated carbocycles. The second-order valence-electron chi connectivity index (χ2n) is 4.86. The average Bonchev–Trinajstić information content (AvgIpc) is 2.44. The summed E-state index contributed by atoms with van der Waals surface area (Å²) in [4.78, 5) is 2.49. The Labute approximate surface area is 137 Å². The molecule has 20 heavy (non-hydrogen) atoms. The minimum Gasteiger partial charge on any atom is -0.494 e. The van der Waals surface area contributed by atoms with Gasteiger partial charge in [-0.1, -0.05) is 0 Å². The van der Waals surface area contributed by atoms with Crippen LogP contribution in [0.3, 0.4) is 0 Å². The van der Waals surface area contributed by atoms with E-state index >= 15 is 0 Å². The summed E-state index contributed by atoms with van der Waals surface area (Å²) in [5.74, 6) is 0.842. The molecule has 6 heteroatoms. The van der Waals surface area contributed by atoms with E-state index in [0.717, 1.165) is 60.5 Å². The molecule has 1 aliphatic rings. The molecule has 0 spiro atoms. The first kappa shape index (κ1) is 16.2. The Bertz CT molecular complexity index is 413. The molecule has 1 aromatic carbocycles. The van der Waals surface area contributed by atoms with Crippen LogP contribution in [0.15, 0.2) is 21.1 Å². The van der Waals surface area contributed by atoms with E-state index in [-0.39, 0.29) is 0 Å². The van der Waals surface area contributed by atoms with Crippen LogP contribution in [0.1, 0.15) is 5.56 Å². The molecule has 1 heterocycles. The van der Waals surface area contributed by atoms with Crippen LogP contribution in [0.25, 0.3) is 0 Å². The lowest BCUT2D eigenvalue weighted by molar-refractivity contribution is 0.241. The quantitative estimate of drug-likeness (QED) is 0.710. The number of hydrogen-bond acceptors (Lipinski definition) is 4. The van der Waals surface area contributed by atoms with Crippen LogP contribution < -0.4 is 15.4 Å². The molecule has 1 aliphatic heterocycles. The summed E-state index contributed by atoms with van der Waals surface area (Å²) in [5.41, 5.74) is 1.24. The van der Waals surface area contributed by atoms with E-state index in [1.165, 1.54) is 5.56 Å². The van der Waals surface area contributed by atoms with Crippen molar-refractivity contribution in [3.8, 4) is 5.75 Å². The smallest absolute Gasteiger partial charge is 0.147 e. The predicted octanol–water partition coefficient (Wildman–Crippen LogP) is 2.21. The van der Waals surface area contributed by atoms with Crippen LogP contribution in [0.5, 0.6) is 5.75 Å². The summed E-state index contributed by atoms with van der Waals surface area (Å²) in [7, 11) is 1.68. The number of ether oxygens (including phenoxy) is 1. The van der Waals surface area contributed by atoms with Gasteiger partial charge in [0.1, 0.15) is 5.75 Å². The first-order valence-corrected chi connectivity index (χ1v) is 8.45. The highest BCUT2D eigenvalue weighted by atomic mass is 79.9. The van der Waals surface area contributed by atoms with Gasteiger partial charge < -0.3 is 15.4 Å². The summed E-state index contributed by atoms with van der Waals surface area (Å²) < 4.78 is 7.27. The Morgan fingerprint density at radius 3 is 2.50 bits per heavy atom. The van der Waals surface area contributed by atoms with Gasteiger partial charge >= 0.3 is 0 Å². The highest BCUT2D eigenvalue weighted by Gasteiger charge is 2.09. The van der Waals surface area contributed by atoms with Crippen LogP contribution >= 0.6 is 31.9 Å². The number of piperazine rings is 1. The van der Waals surface area contributed by atoms with E-state index in [9.17, 15) is 0 Å². The molecule has 0 amide bonds. The molecule has 112 valence electrons. The first-order chi connectivity index (χ1) is 9.70. The van der Waals surface area contributed by atoms with Crippen molar-refractivity contribution in [1.29, 1.82) is 0 Å². The van der Waals surface area contributed by atoms with Crippen molar-refractivity contribution < 1.29 is 4.74 Å². The normalized spacial score (nSPS) is 16.4. The van der Waals surface area contributed by atoms with Gasteiger partial charge in [0, 0.05) is 45.8 Å². The number of nitrogens with zero attached hydrogens (tertiary/aromatic N) is 1. The molecule has 1 aromatic rings. The maximum Gasteiger partial charge on any atom is 0.147 e. The largest absolute Gasteiger partial charge is 0.494 e. The number of hydrogen-bond donors (Lipinski definition) is 2. The molecule has 2 N–H and O–H groups in total. The van der Waals surface area contributed by atoms with E-state index in [0.29, 0.717) is 0 Å². The minimum atomic E-state index is 0.842. The molecule has 0 aromatic heterocycles. The number of benzene rings is 1. The Morgan fingerprint density at radius 1 is 1.25 bits per heavy atom. The third kappa shape index (κ3) is 4.70. The Hall–Kier alpha value is -0.140. The van der Waals surface area contributed by atoms with Crippen molar-refractivity contribution in [2.75, 3.05) is 46.4 Å². The zero-order valence-electron chi connectivity index (χ0n) is 11.7. The fourth-order valence-electron chi connectivity index (χ4n) is 2.31. The van der Waals surface area contributed by atoms with Crippen LogP contribution in [-0.2, 0) is 6.54 Å². The molecule has 4 nitrogen and oxygen atoms in total. The zero-order chi connectivity index (χ0) is 14.4. The summed E-state index contributed by atoms with van der Waals surface area (Å²) in [6.45, 7) is 7.52.